The van der Waals surface area contributed by atoms with Crippen molar-refractivity contribution in [3.05, 3.63) is 93.5 Å². The number of ketones is 1. The summed E-state index contributed by atoms with van der Waals surface area (Å²) in [7, 11) is 0. The average Bonchev–Trinajstić information content (AvgIpc) is 3.03. The van der Waals surface area contributed by atoms with Crippen molar-refractivity contribution in [1.29, 1.82) is 0 Å². The Morgan fingerprint density at radius 2 is 1.59 bits per heavy atom. The molecular weight excluding hydrogens is 468 g/mol. The van der Waals surface area contributed by atoms with Gasteiger partial charge in [-0.3, -0.25) is 9.59 Å². The highest BCUT2D eigenvalue weighted by molar-refractivity contribution is 9.10. The molecule has 0 saturated carbocycles. The highest BCUT2D eigenvalue weighted by atomic mass is 79.9. The number of hydrogen-bond acceptors (Lipinski definition) is 4. The van der Waals surface area contributed by atoms with Crippen LogP contribution < -0.4 is 4.74 Å². The van der Waals surface area contributed by atoms with Crippen molar-refractivity contribution in [1.82, 2.24) is 0 Å². The van der Waals surface area contributed by atoms with Gasteiger partial charge in [0.25, 0.3) is 0 Å². The summed E-state index contributed by atoms with van der Waals surface area (Å²) in [5.41, 5.74) is 0.891. The summed E-state index contributed by atoms with van der Waals surface area (Å²) in [6.07, 6.45) is 0.274. The van der Waals surface area contributed by atoms with E-state index in [4.69, 9.17) is 9.47 Å². The monoisotopic (exact) mass is 490 g/mol. The third-order valence-electron chi connectivity index (χ3n) is 6.13. The highest BCUT2D eigenvalue weighted by Gasteiger charge is 2.60. The van der Waals surface area contributed by atoms with Crippen LogP contribution in [-0.4, -0.2) is 17.4 Å². The molecule has 2 aliphatic rings. The van der Waals surface area contributed by atoms with E-state index in [0.717, 1.165) is 21.2 Å². The topological polar surface area (TPSA) is 52.6 Å². The standard InChI is InChI=1S/C27H23BrO4/c1-26(2,3)32-25(30)27(15-16-12-13-17(28)14-20(16)24(27)29)23-18-8-4-6-10-21(18)31-22-11-7-5-9-19(22)23/h4-14,23H,15H2,1-3H3/t27-/m1/s1. The Morgan fingerprint density at radius 1 is 1.00 bits per heavy atom. The van der Waals surface area contributed by atoms with E-state index < -0.39 is 22.9 Å². The summed E-state index contributed by atoms with van der Waals surface area (Å²) < 4.78 is 12.9. The Balaban J connectivity index is 1.79. The van der Waals surface area contributed by atoms with Crippen LogP contribution in [0.5, 0.6) is 11.5 Å². The summed E-state index contributed by atoms with van der Waals surface area (Å²) in [5.74, 6) is 0.0729. The van der Waals surface area contributed by atoms with E-state index in [1.165, 1.54) is 0 Å². The largest absolute Gasteiger partial charge is 0.459 e. The molecule has 1 heterocycles. The lowest BCUT2D eigenvalue weighted by molar-refractivity contribution is -0.165. The minimum Gasteiger partial charge on any atom is -0.459 e. The maximum Gasteiger partial charge on any atom is 0.321 e. The van der Waals surface area contributed by atoms with Crippen molar-refractivity contribution in [2.75, 3.05) is 0 Å². The first-order valence-corrected chi connectivity index (χ1v) is 11.4. The van der Waals surface area contributed by atoms with E-state index >= 15 is 0 Å². The first-order chi connectivity index (χ1) is 15.2. The molecule has 5 heteroatoms. The van der Waals surface area contributed by atoms with Crippen molar-refractivity contribution in [3.8, 4) is 11.5 Å². The molecule has 0 fully saturated rings. The molecule has 0 bridgehead atoms. The maximum absolute atomic E-state index is 14.2. The van der Waals surface area contributed by atoms with Crippen molar-refractivity contribution < 1.29 is 19.1 Å². The molecule has 1 aliphatic carbocycles. The van der Waals surface area contributed by atoms with Gasteiger partial charge in [0.1, 0.15) is 22.5 Å². The van der Waals surface area contributed by atoms with Gasteiger partial charge in [-0.25, -0.2) is 0 Å². The average molecular weight is 491 g/mol. The Kier molecular flexibility index (Phi) is 4.79. The van der Waals surface area contributed by atoms with Gasteiger partial charge >= 0.3 is 5.97 Å². The van der Waals surface area contributed by atoms with Gasteiger partial charge in [0.05, 0.1) is 0 Å². The smallest absolute Gasteiger partial charge is 0.321 e. The second kappa shape index (κ2) is 7.31. The van der Waals surface area contributed by atoms with E-state index in [9.17, 15) is 9.59 Å². The van der Waals surface area contributed by atoms with Crippen LogP contribution in [0, 0.1) is 5.41 Å². The van der Waals surface area contributed by atoms with Gasteiger partial charge in [0.2, 0.25) is 0 Å². The lowest BCUT2D eigenvalue weighted by atomic mass is 9.65. The van der Waals surface area contributed by atoms with Gasteiger partial charge in [-0.05, 0) is 57.0 Å². The van der Waals surface area contributed by atoms with Crippen LogP contribution in [0.4, 0.5) is 0 Å². The highest BCUT2D eigenvalue weighted by Crippen LogP contribution is 2.57. The quantitative estimate of drug-likeness (QED) is 0.305. The zero-order chi connectivity index (χ0) is 22.7. The Labute approximate surface area is 195 Å². The number of benzene rings is 3. The minimum absolute atomic E-state index is 0.209. The van der Waals surface area contributed by atoms with Gasteiger partial charge in [-0.2, -0.15) is 0 Å². The third kappa shape index (κ3) is 3.18. The number of halogens is 1. The molecule has 1 aliphatic heterocycles. The number of rotatable bonds is 2. The number of carbonyl (C=O) groups excluding carboxylic acids is 2. The summed E-state index contributed by atoms with van der Waals surface area (Å²) in [5, 5.41) is 0. The van der Waals surface area contributed by atoms with Crippen LogP contribution in [-0.2, 0) is 16.0 Å². The fourth-order valence-corrected chi connectivity index (χ4v) is 5.22. The molecule has 32 heavy (non-hydrogen) atoms. The molecule has 162 valence electrons. The lowest BCUT2D eigenvalue weighted by Crippen LogP contribution is -2.47. The fraction of sp³-hybridized carbons (Fsp3) is 0.259. The maximum atomic E-state index is 14.2. The Bertz CT molecular complexity index is 1210. The molecule has 4 nitrogen and oxygen atoms in total. The lowest BCUT2D eigenvalue weighted by Gasteiger charge is -2.39. The predicted molar refractivity (Wildman–Crippen MR) is 125 cm³/mol. The van der Waals surface area contributed by atoms with Crippen molar-refractivity contribution in [3.63, 3.8) is 0 Å². The summed E-state index contributed by atoms with van der Waals surface area (Å²) in [4.78, 5) is 28.1. The first kappa shape index (κ1) is 21.0. The van der Waals surface area contributed by atoms with Gasteiger partial charge < -0.3 is 9.47 Å². The van der Waals surface area contributed by atoms with E-state index in [1.807, 2.05) is 81.4 Å². The zero-order valence-corrected chi connectivity index (χ0v) is 19.7. The number of para-hydroxylation sites is 2. The van der Waals surface area contributed by atoms with E-state index in [-0.39, 0.29) is 12.2 Å². The molecule has 0 amide bonds. The molecule has 0 saturated heterocycles. The zero-order valence-electron chi connectivity index (χ0n) is 18.1. The molecule has 0 radical (unpaired) electrons. The molecule has 1 atom stereocenters. The summed E-state index contributed by atoms with van der Waals surface area (Å²) in [6.45, 7) is 5.48. The van der Waals surface area contributed by atoms with E-state index in [0.29, 0.717) is 17.1 Å². The molecule has 0 unspecified atom stereocenters. The van der Waals surface area contributed by atoms with Gasteiger partial charge in [-0.15, -0.1) is 0 Å². The van der Waals surface area contributed by atoms with Gasteiger partial charge in [0, 0.05) is 27.1 Å². The Morgan fingerprint density at radius 3 is 2.19 bits per heavy atom. The minimum atomic E-state index is -1.42. The number of esters is 1. The molecule has 0 N–H and O–H groups in total. The molecule has 0 aromatic heterocycles. The normalized spacial score (nSPS) is 19.6. The number of ether oxygens (including phenoxy) is 2. The van der Waals surface area contributed by atoms with Gasteiger partial charge in [0.15, 0.2) is 5.78 Å². The van der Waals surface area contributed by atoms with Crippen molar-refractivity contribution in [2.24, 2.45) is 5.41 Å². The molecule has 3 aromatic rings. The molecule has 0 spiro atoms. The fourth-order valence-electron chi connectivity index (χ4n) is 4.86. The van der Waals surface area contributed by atoms with Crippen LogP contribution >= 0.6 is 15.9 Å². The molecule has 5 rings (SSSR count). The second-order valence-electron chi connectivity index (χ2n) is 9.39. The van der Waals surface area contributed by atoms with E-state index in [2.05, 4.69) is 15.9 Å². The Hall–Kier alpha value is -2.92. The van der Waals surface area contributed by atoms with Crippen LogP contribution in [0.2, 0.25) is 0 Å². The molecule has 3 aromatic carbocycles. The van der Waals surface area contributed by atoms with Gasteiger partial charge in [-0.1, -0.05) is 58.4 Å². The van der Waals surface area contributed by atoms with Crippen molar-refractivity contribution in [2.45, 2.75) is 38.7 Å². The van der Waals surface area contributed by atoms with Crippen molar-refractivity contribution >= 4 is 27.7 Å². The summed E-state index contributed by atoms with van der Waals surface area (Å²) >= 11 is 3.48. The third-order valence-corrected chi connectivity index (χ3v) is 6.62. The first-order valence-electron chi connectivity index (χ1n) is 10.6. The van der Waals surface area contributed by atoms with Crippen LogP contribution in [0.15, 0.2) is 71.2 Å². The number of Topliss-reactive ketones (excluding diaryl/α,β-unsaturated/α-hetero) is 1. The summed E-state index contributed by atoms with van der Waals surface area (Å²) in [6, 6.07) is 20.9. The van der Waals surface area contributed by atoms with E-state index in [1.54, 1.807) is 6.07 Å². The SMILES string of the molecule is CC(C)(C)OC(=O)[C@@]1(C2c3ccccc3Oc3ccccc32)Cc2ccc(Br)cc2C1=O. The predicted octanol–water partition coefficient (Wildman–Crippen LogP) is 6.45. The molecular formula is C27H23BrO4. The van der Waals surface area contributed by atoms with Crippen LogP contribution in [0.1, 0.15) is 53.7 Å². The van der Waals surface area contributed by atoms with Crippen LogP contribution in [0.3, 0.4) is 0 Å². The number of hydrogen-bond donors (Lipinski definition) is 0. The number of carbonyl (C=O) groups is 2. The van der Waals surface area contributed by atoms with Crippen LogP contribution in [0.25, 0.3) is 0 Å². The number of fused-ring (bicyclic) bond motifs is 3. The second-order valence-corrected chi connectivity index (χ2v) is 10.3.